The highest BCUT2D eigenvalue weighted by molar-refractivity contribution is 9.10. The maximum absolute atomic E-state index is 4.51. The Bertz CT molecular complexity index is 1370. The molecule has 0 fully saturated rings. The normalized spacial score (nSPS) is 14.3. The molecule has 0 radical (unpaired) electrons. The highest BCUT2D eigenvalue weighted by atomic mass is 79.9. The van der Waals surface area contributed by atoms with E-state index in [2.05, 4.69) is 153 Å². The van der Waals surface area contributed by atoms with Gasteiger partial charge in [-0.1, -0.05) is 134 Å². The molecule has 0 unspecified atom stereocenters. The van der Waals surface area contributed by atoms with Crippen molar-refractivity contribution in [3.05, 3.63) is 125 Å². The summed E-state index contributed by atoms with van der Waals surface area (Å²) in [7, 11) is -2.44. The fraction of sp³-hybridized carbons (Fsp3) is 0.278. The van der Waals surface area contributed by atoms with Crippen molar-refractivity contribution in [2.75, 3.05) is 0 Å². The number of rotatable bonds is 8. The molecule has 5 rings (SSSR count). The van der Waals surface area contributed by atoms with Crippen molar-refractivity contribution in [2.45, 2.75) is 52.4 Å². The highest BCUT2D eigenvalue weighted by Gasteiger charge is 2.42. The van der Waals surface area contributed by atoms with E-state index < -0.39 is 8.07 Å². The van der Waals surface area contributed by atoms with Crippen molar-refractivity contribution >= 4 is 39.6 Å². The first kappa shape index (κ1) is 26.9. The zero-order valence-electron chi connectivity index (χ0n) is 23.2. The summed E-state index contributed by atoms with van der Waals surface area (Å²) in [6.07, 6.45) is 3.47. The summed E-state index contributed by atoms with van der Waals surface area (Å²) in [4.78, 5) is 0. The summed E-state index contributed by atoms with van der Waals surface area (Å²) in [5.74, 6) is 1.23. The molecule has 38 heavy (non-hydrogen) atoms. The van der Waals surface area contributed by atoms with Crippen LogP contribution in [0.3, 0.4) is 0 Å². The fourth-order valence-corrected chi connectivity index (χ4v) is 11.4. The largest absolute Gasteiger partial charge is 0.171 e. The van der Waals surface area contributed by atoms with Crippen molar-refractivity contribution in [3.63, 3.8) is 0 Å². The van der Waals surface area contributed by atoms with Gasteiger partial charge in [-0.15, -0.1) is 6.58 Å². The molecule has 0 saturated heterocycles. The predicted octanol–water partition coefficient (Wildman–Crippen LogP) is 8.20. The van der Waals surface area contributed by atoms with Crippen LogP contribution < -0.4 is 15.6 Å². The van der Waals surface area contributed by atoms with E-state index in [4.69, 9.17) is 0 Å². The van der Waals surface area contributed by atoms with Crippen LogP contribution in [0, 0.1) is 11.8 Å². The third-order valence-electron chi connectivity index (χ3n) is 8.29. The van der Waals surface area contributed by atoms with E-state index in [9.17, 15) is 0 Å². The Morgan fingerprint density at radius 2 is 1.29 bits per heavy atom. The van der Waals surface area contributed by atoms with Crippen molar-refractivity contribution in [2.24, 2.45) is 11.8 Å². The van der Waals surface area contributed by atoms with Gasteiger partial charge < -0.3 is 0 Å². The SMILES string of the molecule is C=C[Si](c1ccccc1)(c1ccccc1)c1ccc2c(c1)C(CC(C)C)(CC(C)C)Cc1cc(Br)ccc1-2. The summed E-state index contributed by atoms with van der Waals surface area (Å²) < 4.78 is 1.17. The van der Waals surface area contributed by atoms with Crippen LogP contribution in [0.1, 0.15) is 51.7 Å². The second-order valence-electron chi connectivity index (χ2n) is 12.0. The van der Waals surface area contributed by atoms with Crippen LogP contribution in [0.5, 0.6) is 0 Å². The monoisotopic (exact) mass is 578 g/mol. The molecule has 0 amide bonds. The lowest BCUT2D eigenvalue weighted by atomic mass is 9.61. The second-order valence-corrected chi connectivity index (χ2v) is 16.6. The topological polar surface area (TPSA) is 0 Å². The average Bonchev–Trinajstić information content (AvgIpc) is 2.90. The zero-order valence-corrected chi connectivity index (χ0v) is 25.8. The summed E-state index contributed by atoms with van der Waals surface area (Å²) in [6, 6.07) is 36.5. The molecule has 4 aromatic carbocycles. The van der Waals surface area contributed by atoms with Gasteiger partial charge in [-0.05, 0) is 81.0 Å². The average molecular weight is 580 g/mol. The molecule has 0 spiro atoms. The van der Waals surface area contributed by atoms with Crippen LogP contribution in [0.4, 0.5) is 0 Å². The van der Waals surface area contributed by atoms with Gasteiger partial charge in [0.05, 0.1) is 0 Å². The Morgan fingerprint density at radius 3 is 1.82 bits per heavy atom. The fourth-order valence-electron chi connectivity index (χ4n) is 7.16. The highest BCUT2D eigenvalue weighted by Crippen LogP contribution is 2.49. The predicted molar refractivity (Wildman–Crippen MR) is 172 cm³/mol. The third kappa shape index (κ3) is 4.78. The van der Waals surface area contributed by atoms with Crippen LogP contribution in [0.25, 0.3) is 11.1 Å². The quantitative estimate of drug-likeness (QED) is 0.146. The molecule has 1 aliphatic rings. The van der Waals surface area contributed by atoms with Crippen molar-refractivity contribution in [1.82, 2.24) is 0 Å². The van der Waals surface area contributed by atoms with E-state index >= 15 is 0 Å². The molecule has 0 aromatic heterocycles. The molecule has 0 nitrogen and oxygen atoms in total. The Kier molecular flexibility index (Phi) is 7.67. The molecule has 0 atom stereocenters. The molecule has 1 aliphatic carbocycles. The Hall–Kier alpha value is -2.68. The van der Waals surface area contributed by atoms with Gasteiger partial charge in [-0.2, -0.15) is 0 Å². The molecule has 194 valence electrons. The number of fused-ring (bicyclic) bond motifs is 3. The van der Waals surface area contributed by atoms with E-state index in [1.54, 1.807) is 0 Å². The summed E-state index contributed by atoms with van der Waals surface area (Å²) in [5.41, 5.74) is 8.22. The molecule has 0 bridgehead atoms. The van der Waals surface area contributed by atoms with Gasteiger partial charge in [0.1, 0.15) is 0 Å². The minimum Gasteiger partial charge on any atom is -0.106 e. The van der Waals surface area contributed by atoms with Gasteiger partial charge in [0, 0.05) is 9.89 Å². The molecule has 0 heterocycles. The first-order chi connectivity index (χ1) is 18.3. The van der Waals surface area contributed by atoms with Gasteiger partial charge in [0.2, 0.25) is 0 Å². The summed E-state index contributed by atoms with van der Waals surface area (Å²) >= 11 is 3.76. The zero-order chi connectivity index (χ0) is 26.9. The van der Waals surface area contributed by atoms with E-state index in [-0.39, 0.29) is 5.41 Å². The van der Waals surface area contributed by atoms with Crippen molar-refractivity contribution in [3.8, 4) is 11.1 Å². The maximum Gasteiger partial charge on any atom is 0.171 e. The Morgan fingerprint density at radius 1 is 0.737 bits per heavy atom. The van der Waals surface area contributed by atoms with Gasteiger partial charge >= 0.3 is 0 Å². The van der Waals surface area contributed by atoms with Crippen LogP contribution in [0.15, 0.2) is 114 Å². The van der Waals surface area contributed by atoms with Gasteiger partial charge in [0.25, 0.3) is 0 Å². The molecule has 2 heteroatoms. The van der Waals surface area contributed by atoms with Gasteiger partial charge in [0.15, 0.2) is 8.07 Å². The molecular weight excluding hydrogens is 540 g/mol. The van der Waals surface area contributed by atoms with Crippen LogP contribution in [0.2, 0.25) is 0 Å². The minimum absolute atomic E-state index is 0.107. The Labute approximate surface area is 239 Å². The van der Waals surface area contributed by atoms with E-state index in [1.807, 2.05) is 0 Å². The lowest BCUT2D eigenvalue weighted by molar-refractivity contribution is 0.276. The molecule has 4 aromatic rings. The molecule has 0 N–H and O–H groups in total. The lowest BCUT2D eigenvalue weighted by Crippen LogP contribution is -2.66. The summed E-state index contributed by atoms with van der Waals surface area (Å²) in [5, 5.41) is 4.21. The first-order valence-corrected chi connectivity index (χ1v) is 16.8. The Balaban J connectivity index is 1.83. The van der Waals surface area contributed by atoms with E-state index in [0.29, 0.717) is 11.8 Å². The smallest absolute Gasteiger partial charge is 0.106 e. The van der Waals surface area contributed by atoms with Crippen molar-refractivity contribution in [1.29, 1.82) is 0 Å². The number of halogens is 1. The van der Waals surface area contributed by atoms with Crippen LogP contribution in [-0.4, -0.2) is 8.07 Å². The van der Waals surface area contributed by atoms with Crippen molar-refractivity contribution < 1.29 is 0 Å². The van der Waals surface area contributed by atoms with Gasteiger partial charge in [-0.3, -0.25) is 0 Å². The second kappa shape index (κ2) is 10.8. The first-order valence-electron chi connectivity index (χ1n) is 14.0. The van der Waals surface area contributed by atoms with Crippen LogP contribution >= 0.6 is 15.9 Å². The molecular formula is C36H39BrSi. The summed E-state index contributed by atoms with van der Waals surface area (Å²) in [6.45, 7) is 14.1. The maximum atomic E-state index is 4.51. The standard InChI is InChI=1S/C36H39BrSi/c1-6-38(30-13-9-7-10-14-30,31-15-11-8-12-16-31)32-18-20-34-33-19-17-29(37)21-28(33)25-36(23-26(2)3,24-27(4)5)35(34)22-32/h6-22,26-27H,1,23-25H2,2-5H3. The molecule has 0 saturated carbocycles. The molecule has 0 aliphatic heterocycles. The van der Waals surface area contributed by atoms with Crippen LogP contribution in [-0.2, 0) is 11.8 Å². The third-order valence-corrected chi connectivity index (χ3v) is 13.1. The van der Waals surface area contributed by atoms with Gasteiger partial charge in [-0.25, -0.2) is 0 Å². The number of hydrogen-bond donors (Lipinski definition) is 0. The lowest BCUT2D eigenvalue weighted by Gasteiger charge is -2.44. The van der Waals surface area contributed by atoms with E-state index in [1.165, 1.54) is 55.1 Å². The number of hydrogen-bond acceptors (Lipinski definition) is 0. The minimum atomic E-state index is -2.44. The van der Waals surface area contributed by atoms with E-state index in [0.717, 1.165) is 6.42 Å². The number of benzene rings is 4.